The first-order valence-corrected chi connectivity index (χ1v) is 8.38. The van der Waals surface area contributed by atoms with Gasteiger partial charge in [0.2, 0.25) is 5.91 Å². The van der Waals surface area contributed by atoms with Gasteiger partial charge in [-0.1, -0.05) is 36.4 Å². The molecule has 1 aliphatic rings. The van der Waals surface area contributed by atoms with E-state index in [1.165, 1.54) is 11.1 Å². The van der Waals surface area contributed by atoms with E-state index in [9.17, 15) is 4.79 Å². The molecule has 3 aromatic rings. The molecule has 25 heavy (non-hydrogen) atoms. The largest absolute Gasteiger partial charge is 0.368 e. The molecule has 1 unspecified atom stereocenters. The van der Waals surface area contributed by atoms with Gasteiger partial charge in [0.25, 0.3) is 0 Å². The second kappa shape index (κ2) is 6.53. The van der Waals surface area contributed by atoms with Gasteiger partial charge in [-0.15, -0.1) is 0 Å². The maximum Gasteiger partial charge on any atom is 0.235 e. The van der Waals surface area contributed by atoms with E-state index < -0.39 is 0 Å². The van der Waals surface area contributed by atoms with Gasteiger partial charge >= 0.3 is 0 Å². The summed E-state index contributed by atoms with van der Waals surface area (Å²) in [5.41, 5.74) is 10.4. The van der Waals surface area contributed by atoms with Gasteiger partial charge in [0, 0.05) is 31.2 Å². The van der Waals surface area contributed by atoms with Crippen molar-refractivity contribution < 1.29 is 4.79 Å². The zero-order valence-electron chi connectivity index (χ0n) is 13.9. The lowest BCUT2D eigenvalue weighted by atomic mass is 9.93. The minimum absolute atomic E-state index is 0.260. The molecule has 2 aromatic carbocycles. The number of imidazole rings is 1. The second-order valence-electron chi connectivity index (χ2n) is 6.43. The van der Waals surface area contributed by atoms with Gasteiger partial charge in [-0.05, 0) is 35.2 Å². The summed E-state index contributed by atoms with van der Waals surface area (Å²) in [5.74, 6) is -0.260. The predicted molar refractivity (Wildman–Crippen MR) is 95.9 cm³/mol. The molecule has 5 nitrogen and oxygen atoms in total. The topological polar surface area (TPSA) is 64.2 Å². The molecule has 1 aromatic heterocycles. The number of fused-ring (bicyclic) bond motifs is 1. The van der Waals surface area contributed by atoms with Gasteiger partial charge < -0.3 is 10.3 Å². The van der Waals surface area contributed by atoms with Crippen molar-refractivity contribution in [3.63, 3.8) is 0 Å². The van der Waals surface area contributed by atoms with E-state index in [0.717, 1.165) is 17.8 Å². The standard InChI is InChI=1S/C20H20N4O/c21-20(25)19-11-16-3-1-2-4-17(16)13-24(19)12-15-5-7-18(8-6-15)23-10-9-22-14-23/h1-10,14,19H,11-13H2,(H2,21,25). The van der Waals surface area contributed by atoms with Crippen LogP contribution in [0, 0.1) is 0 Å². The van der Waals surface area contributed by atoms with E-state index in [0.29, 0.717) is 13.0 Å². The molecule has 1 amide bonds. The van der Waals surface area contributed by atoms with Crippen LogP contribution in [0.2, 0.25) is 0 Å². The van der Waals surface area contributed by atoms with E-state index in [1.807, 2.05) is 22.9 Å². The molecule has 0 saturated heterocycles. The number of amides is 1. The van der Waals surface area contributed by atoms with Gasteiger partial charge in [0.1, 0.15) is 0 Å². The molecule has 1 aliphatic heterocycles. The molecule has 0 bridgehead atoms. The molecule has 4 rings (SSSR count). The molecule has 0 aliphatic carbocycles. The number of carbonyl (C=O) groups excluding carboxylic acids is 1. The van der Waals surface area contributed by atoms with Crippen LogP contribution in [-0.2, 0) is 24.3 Å². The third kappa shape index (κ3) is 3.19. The number of nitrogens with two attached hydrogens (primary N) is 1. The predicted octanol–water partition coefficient (Wildman–Crippen LogP) is 2.28. The van der Waals surface area contributed by atoms with Crippen molar-refractivity contribution in [3.8, 4) is 5.69 Å². The first-order chi connectivity index (χ1) is 12.2. The fourth-order valence-electron chi connectivity index (χ4n) is 3.44. The minimum atomic E-state index is -0.261. The Hall–Kier alpha value is -2.92. The highest BCUT2D eigenvalue weighted by molar-refractivity contribution is 5.80. The van der Waals surface area contributed by atoms with E-state index in [-0.39, 0.29) is 11.9 Å². The first kappa shape index (κ1) is 15.6. The van der Waals surface area contributed by atoms with Crippen LogP contribution in [0.3, 0.4) is 0 Å². The molecule has 0 saturated carbocycles. The smallest absolute Gasteiger partial charge is 0.235 e. The van der Waals surface area contributed by atoms with E-state index in [4.69, 9.17) is 5.73 Å². The third-order valence-electron chi connectivity index (χ3n) is 4.80. The number of aromatic nitrogens is 2. The maximum absolute atomic E-state index is 11.9. The first-order valence-electron chi connectivity index (χ1n) is 8.38. The average molecular weight is 332 g/mol. The van der Waals surface area contributed by atoms with E-state index >= 15 is 0 Å². The summed E-state index contributed by atoms with van der Waals surface area (Å²) in [7, 11) is 0. The highest BCUT2D eigenvalue weighted by Gasteiger charge is 2.29. The molecule has 0 radical (unpaired) electrons. The number of benzene rings is 2. The van der Waals surface area contributed by atoms with Crippen molar-refractivity contribution in [2.45, 2.75) is 25.6 Å². The quantitative estimate of drug-likeness (QED) is 0.797. The van der Waals surface area contributed by atoms with E-state index in [1.54, 1.807) is 12.5 Å². The van der Waals surface area contributed by atoms with Crippen LogP contribution in [0.15, 0.2) is 67.3 Å². The van der Waals surface area contributed by atoms with Gasteiger partial charge in [0.15, 0.2) is 0 Å². The number of hydrogen-bond acceptors (Lipinski definition) is 3. The fourth-order valence-corrected chi connectivity index (χ4v) is 3.44. The molecular weight excluding hydrogens is 312 g/mol. The number of carbonyl (C=O) groups is 1. The van der Waals surface area contributed by atoms with E-state index in [2.05, 4.69) is 46.3 Å². The summed E-state index contributed by atoms with van der Waals surface area (Å²) >= 11 is 0. The third-order valence-corrected chi connectivity index (χ3v) is 4.80. The lowest BCUT2D eigenvalue weighted by molar-refractivity contribution is -0.124. The Labute approximate surface area is 146 Å². The van der Waals surface area contributed by atoms with Gasteiger partial charge in [-0.3, -0.25) is 9.69 Å². The van der Waals surface area contributed by atoms with Crippen molar-refractivity contribution in [1.82, 2.24) is 14.5 Å². The van der Waals surface area contributed by atoms with Crippen LogP contribution in [0.25, 0.3) is 5.69 Å². The van der Waals surface area contributed by atoms with Crippen LogP contribution in [0.5, 0.6) is 0 Å². The molecular formula is C20H20N4O. The van der Waals surface area contributed by atoms with Gasteiger partial charge in [-0.25, -0.2) is 4.98 Å². The van der Waals surface area contributed by atoms with Crippen LogP contribution in [0.1, 0.15) is 16.7 Å². The number of nitrogens with zero attached hydrogens (tertiary/aromatic N) is 3. The molecule has 2 N–H and O–H groups in total. The molecule has 0 fully saturated rings. The summed E-state index contributed by atoms with van der Waals surface area (Å²) < 4.78 is 1.97. The Balaban J connectivity index is 1.55. The SMILES string of the molecule is NC(=O)C1Cc2ccccc2CN1Cc1ccc(-n2ccnc2)cc1. The number of hydrogen-bond donors (Lipinski definition) is 1. The van der Waals surface area contributed by atoms with Crippen molar-refractivity contribution in [2.75, 3.05) is 0 Å². The maximum atomic E-state index is 11.9. The van der Waals surface area contributed by atoms with Crippen molar-refractivity contribution in [2.24, 2.45) is 5.73 Å². The van der Waals surface area contributed by atoms with Crippen molar-refractivity contribution >= 4 is 5.91 Å². The summed E-state index contributed by atoms with van der Waals surface area (Å²) in [4.78, 5) is 18.2. The van der Waals surface area contributed by atoms with Crippen LogP contribution >= 0.6 is 0 Å². The normalized spacial score (nSPS) is 17.2. The zero-order chi connectivity index (χ0) is 17.2. The van der Waals surface area contributed by atoms with Crippen molar-refractivity contribution in [3.05, 3.63) is 83.9 Å². The number of rotatable bonds is 4. The summed E-state index contributed by atoms with van der Waals surface area (Å²) in [6, 6.07) is 16.3. The highest BCUT2D eigenvalue weighted by Crippen LogP contribution is 2.25. The summed E-state index contributed by atoms with van der Waals surface area (Å²) in [5, 5.41) is 0. The van der Waals surface area contributed by atoms with Gasteiger partial charge in [-0.2, -0.15) is 0 Å². The fraction of sp³-hybridized carbons (Fsp3) is 0.200. The lowest BCUT2D eigenvalue weighted by Gasteiger charge is -2.35. The zero-order valence-corrected chi connectivity index (χ0v) is 13.9. The number of primary amides is 1. The Morgan fingerprint density at radius 3 is 2.56 bits per heavy atom. The van der Waals surface area contributed by atoms with Crippen LogP contribution in [0.4, 0.5) is 0 Å². The molecule has 0 spiro atoms. The van der Waals surface area contributed by atoms with Gasteiger partial charge in [0.05, 0.1) is 12.4 Å². The minimum Gasteiger partial charge on any atom is -0.368 e. The molecule has 126 valence electrons. The summed E-state index contributed by atoms with van der Waals surface area (Å²) in [6.07, 6.45) is 6.13. The highest BCUT2D eigenvalue weighted by atomic mass is 16.1. The lowest BCUT2D eigenvalue weighted by Crippen LogP contribution is -2.48. The molecule has 1 atom stereocenters. The average Bonchev–Trinajstić information content (AvgIpc) is 3.16. The monoisotopic (exact) mass is 332 g/mol. The Morgan fingerprint density at radius 1 is 1.12 bits per heavy atom. The second-order valence-corrected chi connectivity index (χ2v) is 6.43. The Morgan fingerprint density at radius 2 is 1.88 bits per heavy atom. The Kier molecular flexibility index (Phi) is 4.07. The van der Waals surface area contributed by atoms with Crippen molar-refractivity contribution in [1.29, 1.82) is 0 Å². The molecule has 2 heterocycles. The summed E-state index contributed by atoms with van der Waals surface area (Å²) in [6.45, 7) is 1.44. The van der Waals surface area contributed by atoms with Crippen LogP contribution in [-0.4, -0.2) is 26.4 Å². The van der Waals surface area contributed by atoms with Crippen LogP contribution < -0.4 is 5.73 Å². The molecule has 5 heteroatoms. The Bertz CT molecular complexity index is 871.